The van der Waals surface area contributed by atoms with E-state index in [1.54, 1.807) is 18.2 Å². The van der Waals surface area contributed by atoms with Crippen molar-refractivity contribution in [3.63, 3.8) is 0 Å². The predicted octanol–water partition coefficient (Wildman–Crippen LogP) is 3.85. The van der Waals surface area contributed by atoms with Gasteiger partial charge in [0.15, 0.2) is 0 Å². The summed E-state index contributed by atoms with van der Waals surface area (Å²) >= 11 is 0. The van der Waals surface area contributed by atoms with E-state index < -0.39 is 11.9 Å². The van der Waals surface area contributed by atoms with Crippen molar-refractivity contribution < 1.29 is 19.2 Å². The average Bonchev–Trinajstić information content (AvgIpc) is 3.45. The second kappa shape index (κ2) is 8.49. The number of rotatable bonds is 4. The third kappa shape index (κ3) is 3.82. The lowest BCUT2D eigenvalue weighted by Gasteiger charge is -2.29. The first-order chi connectivity index (χ1) is 17.5. The van der Waals surface area contributed by atoms with Gasteiger partial charge in [-0.15, -0.1) is 0 Å². The van der Waals surface area contributed by atoms with Gasteiger partial charge >= 0.3 is 0 Å². The number of nitrogens with zero attached hydrogens (tertiary/aromatic N) is 1. The van der Waals surface area contributed by atoms with Crippen LogP contribution >= 0.6 is 0 Å². The van der Waals surface area contributed by atoms with Crippen molar-refractivity contribution in [2.45, 2.75) is 25.4 Å². The second-order valence-electron chi connectivity index (χ2n) is 9.08. The van der Waals surface area contributed by atoms with Crippen LogP contribution in [0.4, 0.5) is 5.69 Å². The molecule has 1 unspecified atom stereocenters. The third-order valence-corrected chi connectivity index (χ3v) is 6.75. The topological polar surface area (TPSA) is 111 Å². The number of amides is 4. The number of aromatic nitrogens is 1. The number of anilines is 1. The van der Waals surface area contributed by atoms with Crippen LogP contribution < -0.4 is 10.6 Å². The van der Waals surface area contributed by atoms with Crippen molar-refractivity contribution in [3.8, 4) is 11.1 Å². The summed E-state index contributed by atoms with van der Waals surface area (Å²) in [7, 11) is 0. The Morgan fingerprint density at radius 3 is 2.56 bits per heavy atom. The number of piperidine rings is 1. The Balaban J connectivity index is 1.20. The molecule has 0 radical (unpaired) electrons. The van der Waals surface area contributed by atoms with Gasteiger partial charge in [0.25, 0.3) is 11.8 Å². The maximum absolute atomic E-state index is 13.0. The number of aromatic amines is 1. The van der Waals surface area contributed by atoms with Gasteiger partial charge in [-0.25, -0.2) is 0 Å². The quantitative estimate of drug-likeness (QED) is 0.387. The molecule has 0 aliphatic carbocycles. The normalized spacial score (nSPS) is 17.3. The number of carbonyl (C=O) groups is 4. The van der Waals surface area contributed by atoms with Gasteiger partial charge in [-0.2, -0.15) is 0 Å². The van der Waals surface area contributed by atoms with E-state index in [1.807, 2.05) is 54.6 Å². The zero-order valence-electron chi connectivity index (χ0n) is 19.2. The molecule has 0 bridgehead atoms. The molecule has 0 saturated carbocycles. The van der Waals surface area contributed by atoms with Crippen molar-refractivity contribution in [1.29, 1.82) is 0 Å². The fourth-order valence-corrected chi connectivity index (χ4v) is 4.92. The van der Waals surface area contributed by atoms with Gasteiger partial charge in [-0.3, -0.25) is 24.5 Å². The molecule has 8 heteroatoms. The van der Waals surface area contributed by atoms with E-state index in [0.717, 1.165) is 27.6 Å². The van der Waals surface area contributed by atoms with Crippen molar-refractivity contribution in [3.05, 3.63) is 89.6 Å². The monoisotopic (exact) mass is 478 g/mol. The summed E-state index contributed by atoms with van der Waals surface area (Å²) in [6, 6.07) is 22.3. The predicted molar refractivity (Wildman–Crippen MR) is 134 cm³/mol. The SMILES string of the molecule is O=C1CCC(N2Cc3cc(NC(=O)c4cc5cc(-c6ccccc6)ccc5[nH]4)ccc3C2=O)C(=O)N1. The standard InChI is InChI=1S/C28H22N4O4/c33-25-11-10-24(27(35)31-25)32-15-19-13-20(7-8-21(19)28(32)36)29-26(34)23-14-18-12-17(6-9-22(18)30-23)16-4-2-1-3-5-16/h1-9,12-14,24,30H,10-11,15H2,(H,29,34)(H,31,33,35). The molecule has 3 heterocycles. The van der Waals surface area contributed by atoms with Crippen LogP contribution in [-0.2, 0) is 16.1 Å². The molecule has 3 N–H and O–H groups in total. The Hall–Kier alpha value is -4.72. The van der Waals surface area contributed by atoms with Crippen LogP contribution in [0, 0.1) is 0 Å². The van der Waals surface area contributed by atoms with E-state index in [4.69, 9.17) is 0 Å². The zero-order valence-corrected chi connectivity index (χ0v) is 19.2. The van der Waals surface area contributed by atoms with Gasteiger partial charge in [0.1, 0.15) is 11.7 Å². The maximum atomic E-state index is 13.0. The van der Waals surface area contributed by atoms with Crippen molar-refractivity contribution in [2.75, 3.05) is 5.32 Å². The van der Waals surface area contributed by atoms with E-state index in [-0.39, 0.29) is 30.7 Å². The van der Waals surface area contributed by atoms with Gasteiger partial charge in [0.2, 0.25) is 11.8 Å². The second-order valence-corrected chi connectivity index (χ2v) is 9.08. The average molecular weight is 479 g/mol. The molecule has 4 aromatic rings. The van der Waals surface area contributed by atoms with Gasteiger partial charge in [0.05, 0.1) is 0 Å². The Morgan fingerprint density at radius 1 is 0.917 bits per heavy atom. The highest BCUT2D eigenvalue weighted by molar-refractivity contribution is 6.08. The van der Waals surface area contributed by atoms with Crippen LogP contribution in [0.2, 0.25) is 0 Å². The third-order valence-electron chi connectivity index (χ3n) is 6.75. The van der Waals surface area contributed by atoms with Crippen molar-refractivity contribution in [1.82, 2.24) is 15.2 Å². The van der Waals surface area contributed by atoms with E-state index in [2.05, 4.69) is 15.6 Å². The number of carbonyl (C=O) groups excluding carboxylic acids is 4. The minimum atomic E-state index is -0.673. The van der Waals surface area contributed by atoms with Crippen LogP contribution in [0.15, 0.2) is 72.8 Å². The van der Waals surface area contributed by atoms with Gasteiger partial charge in [-0.1, -0.05) is 36.4 Å². The number of fused-ring (bicyclic) bond motifs is 2. The highest BCUT2D eigenvalue weighted by Gasteiger charge is 2.39. The molecule has 178 valence electrons. The molecule has 1 fully saturated rings. The highest BCUT2D eigenvalue weighted by atomic mass is 16.2. The highest BCUT2D eigenvalue weighted by Crippen LogP contribution is 2.30. The lowest BCUT2D eigenvalue weighted by molar-refractivity contribution is -0.136. The Bertz CT molecular complexity index is 1560. The van der Waals surface area contributed by atoms with Crippen LogP contribution in [0.25, 0.3) is 22.0 Å². The molecule has 2 aliphatic rings. The van der Waals surface area contributed by atoms with E-state index >= 15 is 0 Å². The van der Waals surface area contributed by atoms with Crippen LogP contribution in [0.1, 0.15) is 39.3 Å². The summed E-state index contributed by atoms with van der Waals surface area (Å²) in [5, 5.41) is 6.13. The van der Waals surface area contributed by atoms with E-state index in [9.17, 15) is 19.2 Å². The summed E-state index contributed by atoms with van der Waals surface area (Å²) in [6.07, 6.45) is 0.509. The molecule has 1 saturated heterocycles. The molecule has 36 heavy (non-hydrogen) atoms. The largest absolute Gasteiger partial charge is 0.351 e. The zero-order chi connectivity index (χ0) is 24.8. The Labute approximate surface area is 206 Å². The number of benzene rings is 3. The van der Waals surface area contributed by atoms with Gasteiger partial charge in [0, 0.05) is 35.1 Å². The van der Waals surface area contributed by atoms with E-state index in [0.29, 0.717) is 23.4 Å². The fraction of sp³-hybridized carbons (Fsp3) is 0.143. The van der Waals surface area contributed by atoms with Gasteiger partial charge < -0.3 is 15.2 Å². The number of nitrogens with one attached hydrogen (secondary N) is 3. The summed E-state index contributed by atoms with van der Waals surface area (Å²) in [5.74, 6) is -1.31. The summed E-state index contributed by atoms with van der Waals surface area (Å²) in [6.45, 7) is 0.249. The van der Waals surface area contributed by atoms with Crippen LogP contribution in [0.3, 0.4) is 0 Å². The minimum absolute atomic E-state index is 0.204. The first-order valence-electron chi connectivity index (χ1n) is 11.7. The van der Waals surface area contributed by atoms with Crippen molar-refractivity contribution in [2.24, 2.45) is 0 Å². The molecular weight excluding hydrogens is 456 g/mol. The van der Waals surface area contributed by atoms with E-state index in [1.165, 1.54) is 4.90 Å². The molecule has 1 aromatic heterocycles. The lowest BCUT2D eigenvalue weighted by atomic mass is 10.0. The van der Waals surface area contributed by atoms with Crippen molar-refractivity contribution >= 4 is 40.2 Å². The maximum Gasteiger partial charge on any atom is 0.272 e. The van der Waals surface area contributed by atoms with Crippen LogP contribution in [-0.4, -0.2) is 39.6 Å². The smallest absolute Gasteiger partial charge is 0.272 e. The Kier molecular flexibility index (Phi) is 5.14. The first-order valence-corrected chi connectivity index (χ1v) is 11.7. The summed E-state index contributed by atoms with van der Waals surface area (Å²) in [5.41, 5.74) is 5.24. The lowest BCUT2D eigenvalue weighted by Crippen LogP contribution is -2.52. The first kappa shape index (κ1) is 21.8. The number of imide groups is 1. The molecule has 3 aromatic carbocycles. The number of hydrogen-bond acceptors (Lipinski definition) is 4. The molecule has 2 aliphatic heterocycles. The summed E-state index contributed by atoms with van der Waals surface area (Å²) < 4.78 is 0. The minimum Gasteiger partial charge on any atom is -0.351 e. The summed E-state index contributed by atoms with van der Waals surface area (Å²) in [4.78, 5) is 54.2. The molecule has 0 spiro atoms. The Morgan fingerprint density at radius 2 is 1.75 bits per heavy atom. The fourth-order valence-electron chi connectivity index (χ4n) is 4.92. The molecule has 4 amide bonds. The molecular formula is C28H22N4O4. The number of H-pyrrole nitrogens is 1. The number of hydrogen-bond donors (Lipinski definition) is 3. The molecule has 6 rings (SSSR count). The van der Waals surface area contributed by atoms with Crippen LogP contribution in [0.5, 0.6) is 0 Å². The molecule has 1 atom stereocenters. The molecule has 8 nitrogen and oxygen atoms in total. The van der Waals surface area contributed by atoms with Gasteiger partial charge in [-0.05, 0) is 59.5 Å².